The van der Waals surface area contributed by atoms with E-state index in [1.807, 2.05) is 62.4 Å². The summed E-state index contributed by atoms with van der Waals surface area (Å²) in [6, 6.07) is 15.2. The van der Waals surface area contributed by atoms with Crippen molar-refractivity contribution in [3.8, 4) is 17.2 Å². The van der Waals surface area contributed by atoms with Crippen LogP contribution in [0.4, 0.5) is 0 Å². The fourth-order valence-electron chi connectivity index (χ4n) is 2.73. The molecule has 174 valence electrons. The van der Waals surface area contributed by atoms with Gasteiger partial charge in [-0.15, -0.1) is 0 Å². The van der Waals surface area contributed by atoms with E-state index in [4.69, 9.17) is 14.2 Å². The summed E-state index contributed by atoms with van der Waals surface area (Å²) < 4.78 is 16.9. The Bertz CT molecular complexity index is 886. The molecule has 2 rings (SSSR count). The van der Waals surface area contributed by atoms with Crippen LogP contribution in [-0.4, -0.2) is 63.8 Å². The Labute approximate surface area is 190 Å². The van der Waals surface area contributed by atoms with Crippen LogP contribution < -0.4 is 24.8 Å². The summed E-state index contributed by atoms with van der Waals surface area (Å²) in [4.78, 5) is 17.9. The molecule has 0 aliphatic rings. The van der Waals surface area contributed by atoms with E-state index in [1.54, 1.807) is 21.2 Å². The van der Waals surface area contributed by atoms with Gasteiger partial charge in [0.25, 0.3) is 5.91 Å². The van der Waals surface area contributed by atoms with Crippen LogP contribution in [0.1, 0.15) is 19.4 Å². The summed E-state index contributed by atoms with van der Waals surface area (Å²) in [6.07, 6.45) is -0.0962. The molecular weight excluding hydrogens is 408 g/mol. The molecule has 8 nitrogen and oxygen atoms in total. The van der Waals surface area contributed by atoms with Crippen molar-refractivity contribution in [1.82, 2.24) is 15.5 Å². The Balaban J connectivity index is 1.92. The van der Waals surface area contributed by atoms with Crippen LogP contribution in [-0.2, 0) is 11.3 Å². The number of nitrogens with zero attached hydrogens (tertiary/aromatic N) is 2. The molecule has 2 aromatic rings. The van der Waals surface area contributed by atoms with Crippen molar-refractivity contribution in [3.63, 3.8) is 0 Å². The summed E-state index contributed by atoms with van der Waals surface area (Å²) in [7, 11) is 5.03. The van der Waals surface area contributed by atoms with E-state index in [9.17, 15) is 4.79 Å². The van der Waals surface area contributed by atoms with Crippen molar-refractivity contribution in [3.05, 3.63) is 54.1 Å². The zero-order valence-electron chi connectivity index (χ0n) is 19.6. The fourth-order valence-corrected chi connectivity index (χ4v) is 2.73. The molecule has 1 unspecified atom stereocenters. The molecule has 8 heteroatoms. The summed E-state index contributed by atoms with van der Waals surface area (Å²) in [5.74, 6) is 2.66. The molecule has 0 fully saturated rings. The minimum atomic E-state index is -0.0962. The van der Waals surface area contributed by atoms with Crippen LogP contribution in [0.2, 0.25) is 0 Å². The number of amides is 1. The number of methoxy groups -OCH3 is 1. The van der Waals surface area contributed by atoms with Crippen molar-refractivity contribution in [2.24, 2.45) is 4.99 Å². The number of carbonyl (C=O) groups excluding carboxylic acids is 1. The Morgan fingerprint density at radius 2 is 1.84 bits per heavy atom. The molecule has 0 spiro atoms. The Kier molecular flexibility index (Phi) is 10.2. The molecule has 0 aliphatic carbocycles. The number of hydrogen-bond acceptors (Lipinski definition) is 5. The molecule has 1 atom stereocenters. The highest BCUT2D eigenvalue weighted by Gasteiger charge is 2.10. The van der Waals surface area contributed by atoms with Gasteiger partial charge in [-0.1, -0.05) is 24.3 Å². The maximum atomic E-state index is 11.7. The Morgan fingerprint density at radius 3 is 2.53 bits per heavy atom. The third-order valence-corrected chi connectivity index (χ3v) is 4.48. The topological polar surface area (TPSA) is 84.4 Å². The second-order valence-corrected chi connectivity index (χ2v) is 7.38. The van der Waals surface area contributed by atoms with Gasteiger partial charge >= 0.3 is 0 Å². The van der Waals surface area contributed by atoms with E-state index in [0.29, 0.717) is 36.3 Å². The van der Waals surface area contributed by atoms with E-state index >= 15 is 0 Å². The lowest BCUT2D eigenvalue weighted by Crippen LogP contribution is -2.41. The van der Waals surface area contributed by atoms with Crippen molar-refractivity contribution >= 4 is 11.9 Å². The van der Waals surface area contributed by atoms with E-state index in [-0.39, 0.29) is 18.6 Å². The van der Waals surface area contributed by atoms with E-state index < -0.39 is 0 Å². The summed E-state index contributed by atoms with van der Waals surface area (Å²) in [6.45, 7) is 5.79. The van der Waals surface area contributed by atoms with Crippen LogP contribution >= 0.6 is 0 Å². The number of carbonyl (C=O) groups is 1. The summed E-state index contributed by atoms with van der Waals surface area (Å²) in [5.41, 5.74) is 0.982. The van der Waals surface area contributed by atoms with Gasteiger partial charge in [-0.25, -0.2) is 4.99 Å². The molecule has 2 aromatic carbocycles. The number of aliphatic imine (C=N–C) groups is 1. The zero-order chi connectivity index (χ0) is 23.3. The van der Waals surface area contributed by atoms with Crippen LogP contribution in [0, 0.1) is 0 Å². The van der Waals surface area contributed by atoms with Gasteiger partial charge in [-0.05, 0) is 43.7 Å². The largest absolute Gasteiger partial charge is 0.493 e. The van der Waals surface area contributed by atoms with Gasteiger partial charge in [0.15, 0.2) is 24.1 Å². The van der Waals surface area contributed by atoms with Gasteiger partial charge in [-0.3, -0.25) is 4.79 Å². The lowest BCUT2D eigenvalue weighted by atomic mass is 10.2. The van der Waals surface area contributed by atoms with Crippen LogP contribution in [0.25, 0.3) is 0 Å². The minimum Gasteiger partial charge on any atom is -0.493 e. The predicted molar refractivity (Wildman–Crippen MR) is 127 cm³/mol. The highest BCUT2D eigenvalue weighted by atomic mass is 16.5. The van der Waals surface area contributed by atoms with E-state index in [1.165, 1.54) is 4.90 Å². The molecule has 32 heavy (non-hydrogen) atoms. The molecule has 0 aliphatic heterocycles. The highest BCUT2D eigenvalue weighted by molar-refractivity contribution is 5.79. The number of rotatable bonds is 11. The maximum absolute atomic E-state index is 11.7. The lowest BCUT2D eigenvalue weighted by molar-refractivity contribution is -0.130. The average Bonchev–Trinajstić information content (AvgIpc) is 2.79. The number of ether oxygens (including phenoxy) is 3. The molecule has 2 N–H and O–H groups in total. The first-order valence-corrected chi connectivity index (χ1v) is 10.7. The van der Waals surface area contributed by atoms with Gasteiger partial charge in [0.2, 0.25) is 0 Å². The van der Waals surface area contributed by atoms with Gasteiger partial charge < -0.3 is 29.7 Å². The molecular formula is C24H34N4O4. The van der Waals surface area contributed by atoms with Crippen molar-refractivity contribution in [2.75, 3.05) is 40.9 Å². The monoisotopic (exact) mass is 442 g/mol. The molecule has 0 heterocycles. The maximum Gasteiger partial charge on any atom is 0.259 e. The van der Waals surface area contributed by atoms with Gasteiger partial charge in [0.1, 0.15) is 11.9 Å². The first-order valence-electron chi connectivity index (χ1n) is 10.7. The Morgan fingerprint density at radius 1 is 1.09 bits per heavy atom. The summed E-state index contributed by atoms with van der Waals surface area (Å²) >= 11 is 0. The van der Waals surface area contributed by atoms with E-state index in [2.05, 4.69) is 15.6 Å². The van der Waals surface area contributed by atoms with Crippen LogP contribution in [0.3, 0.4) is 0 Å². The third-order valence-electron chi connectivity index (χ3n) is 4.48. The molecule has 0 bridgehead atoms. The van der Waals surface area contributed by atoms with Crippen molar-refractivity contribution in [1.29, 1.82) is 0 Å². The standard InChI is InChI=1S/C24H34N4O4/c1-6-25-24(26-15-18(2)32-22-13-8-7-12-21(22)30-5)27-16-19-10-9-11-20(14-19)31-17-23(29)28(3)4/h7-14,18H,6,15-17H2,1-5H3,(H2,25,26,27). The summed E-state index contributed by atoms with van der Waals surface area (Å²) in [5, 5.41) is 6.55. The second-order valence-electron chi connectivity index (χ2n) is 7.38. The zero-order valence-corrected chi connectivity index (χ0v) is 19.6. The van der Waals surface area contributed by atoms with Crippen molar-refractivity contribution in [2.45, 2.75) is 26.5 Å². The third kappa shape index (κ3) is 8.37. The first kappa shape index (κ1) is 24.8. The lowest BCUT2D eigenvalue weighted by Gasteiger charge is -2.19. The molecule has 0 aromatic heterocycles. The molecule has 0 radical (unpaired) electrons. The predicted octanol–water partition coefficient (Wildman–Crippen LogP) is 2.68. The number of likely N-dealkylation sites (N-methyl/N-ethyl adjacent to an activating group) is 1. The number of nitrogens with one attached hydrogen (secondary N) is 2. The number of para-hydroxylation sites is 2. The average molecular weight is 443 g/mol. The fraction of sp³-hybridized carbons (Fsp3) is 0.417. The van der Waals surface area contributed by atoms with E-state index in [0.717, 1.165) is 12.1 Å². The highest BCUT2D eigenvalue weighted by Crippen LogP contribution is 2.26. The number of guanidine groups is 1. The second kappa shape index (κ2) is 13.1. The quantitative estimate of drug-likeness (QED) is 0.411. The van der Waals surface area contributed by atoms with Gasteiger partial charge in [0, 0.05) is 20.6 Å². The van der Waals surface area contributed by atoms with Crippen LogP contribution in [0.5, 0.6) is 17.2 Å². The molecule has 1 amide bonds. The van der Waals surface area contributed by atoms with Gasteiger partial charge in [-0.2, -0.15) is 0 Å². The normalized spacial score (nSPS) is 12.0. The van der Waals surface area contributed by atoms with Gasteiger partial charge in [0.05, 0.1) is 20.2 Å². The first-order chi connectivity index (χ1) is 15.4. The number of benzene rings is 2. The number of hydrogen-bond donors (Lipinski definition) is 2. The van der Waals surface area contributed by atoms with Crippen LogP contribution in [0.15, 0.2) is 53.5 Å². The molecule has 0 saturated heterocycles. The van der Waals surface area contributed by atoms with Crippen molar-refractivity contribution < 1.29 is 19.0 Å². The molecule has 0 saturated carbocycles. The minimum absolute atomic E-state index is 0.00794. The smallest absolute Gasteiger partial charge is 0.259 e. The SMILES string of the molecule is CCNC(=NCc1cccc(OCC(=O)N(C)C)c1)NCC(C)Oc1ccccc1OC. The Hall–Kier alpha value is -3.42.